The zero-order chi connectivity index (χ0) is 20.3. The number of ether oxygens (including phenoxy) is 2. The minimum absolute atomic E-state index is 0.231. The van der Waals surface area contributed by atoms with E-state index in [1.54, 1.807) is 0 Å². The van der Waals surface area contributed by atoms with Crippen molar-refractivity contribution in [3.05, 3.63) is 34.9 Å². The molecule has 2 saturated carbocycles. The fourth-order valence-electron chi connectivity index (χ4n) is 6.21. The second-order valence-corrected chi connectivity index (χ2v) is 9.46. The Kier molecular flexibility index (Phi) is 6.60. The summed E-state index contributed by atoms with van der Waals surface area (Å²) in [4.78, 5) is 0. The van der Waals surface area contributed by atoms with Gasteiger partial charge in [-0.15, -0.1) is 0 Å². The monoisotopic (exact) mass is 406 g/mol. The van der Waals surface area contributed by atoms with Crippen molar-refractivity contribution in [2.45, 2.75) is 102 Å². The van der Waals surface area contributed by atoms with Gasteiger partial charge >= 0.3 is 0 Å². The Morgan fingerprint density at radius 3 is 2.24 bits per heavy atom. The van der Waals surface area contributed by atoms with Crippen LogP contribution < -0.4 is 0 Å². The summed E-state index contributed by atoms with van der Waals surface area (Å²) in [5, 5.41) is 0. The zero-order valence-corrected chi connectivity index (χ0v) is 17.9. The van der Waals surface area contributed by atoms with Gasteiger partial charge in [0.25, 0.3) is 0 Å². The highest BCUT2D eigenvalue weighted by Gasteiger charge is 2.49. The number of hydrogen-bond acceptors (Lipinski definition) is 2. The lowest BCUT2D eigenvalue weighted by Gasteiger charge is -2.48. The second-order valence-electron chi connectivity index (χ2n) is 9.46. The van der Waals surface area contributed by atoms with Gasteiger partial charge in [-0.2, -0.15) is 0 Å². The first-order valence-electron chi connectivity index (χ1n) is 11.9. The van der Waals surface area contributed by atoms with Gasteiger partial charge in [0.2, 0.25) is 0 Å². The van der Waals surface area contributed by atoms with E-state index in [4.69, 9.17) is 9.47 Å². The van der Waals surface area contributed by atoms with Crippen LogP contribution in [0.3, 0.4) is 0 Å². The van der Waals surface area contributed by atoms with Gasteiger partial charge in [0.15, 0.2) is 17.4 Å². The molecule has 29 heavy (non-hydrogen) atoms. The fraction of sp³-hybridized carbons (Fsp3) is 0.760. The summed E-state index contributed by atoms with van der Waals surface area (Å²) in [7, 11) is 0. The maximum atomic E-state index is 15.4. The van der Waals surface area contributed by atoms with E-state index in [-0.39, 0.29) is 5.41 Å². The number of aryl methyl sites for hydroxylation is 1. The highest BCUT2D eigenvalue weighted by molar-refractivity contribution is 5.34. The molecule has 0 radical (unpaired) electrons. The van der Waals surface area contributed by atoms with E-state index in [0.29, 0.717) is 36.7 Å². The molecule has 3 fully saturated rings. The van der Waals surface area contributed by atoms with Crippen molar-refractivity contribution < 1.29 is 18.3 Å². The van der Waals surface area contributed by atoms with E-state index in [1.165, 1.54) is 6.42 Å². The fourth-order valence-corrected chi connectivity index (χ4v) is 6.21. The maximum Gasteiger partial charge on any atom is 0.168 e. The van der Waals surface area contributed by atoms with Crippen LogP contribution in [0.1, 0.15) is 95.1 Å². The first-order chi connectivity index (χ1) is 14.1. The molecule has 4 heteroatoms. The van der Waals surface area contributed by atoms with Crippen LogP contribution in [0.15, 0.2) is 12.1 Å². The van der Waals surface area contributed by atoms with Gasteiger partial charge in [-0.1, -0.05) is 51.2 Å². The summed E-state index contributed by atoms with van der Waals surface area (Å²) in [5.41, 5.74) is 0.954. The van der Waals surface area contributed by atoms with Crippen molar-refractivity contribution in [3.63, 3.8) is 0 Å². The van der Waals surface area contributed by atoms with Gasteiger partial charge in [-0.05, 0) is 55.6 Å². The minimum Gasteiger partial charge on any atom is -0.348 e. The molecule has 1 aliphatic heterocycles. The largest absolute Gasteiger partial charge is 0.348 e. The molecule has 162 valence electrons. The molecular weight excluding hydrogens is 370 g/mol. The van der Waals surface area contributed by atoms with E-state index in [9.17, 15) is 0 Å². The Hall–Kier alpha value is -1.00. The number of benzene rings is 1. The van der Waals surface area contributed by atoms with Gasteiger partial charge in [0.1, 0.15) is 0 Å². The lowest BCUT2D eigenvalue weighted by molar-refractivity contribution is -0.186. The molecule has 0 aromatic heterocycles. The van der Waals surface area contributed by atoms with Crippen LogP contribution in [0.25, 0.3) is 0 Å². The van der Waals surface area contributed by atoms with Crippen molar-refractivity contribution >= 4 is 0 Å². The Labute approximate surface area is 174 Å². The third-order valence-corrected chi connectivity index (χ3v) is 7.84. The second kappa shape index (κ2) is 9.01. The Bertz CT molecular complexity index is 680. The SMILES string of the molecule is CCCCCc1ccc(C2(C3CCC4(CC3)OCCO4)CCCCC2)c(F)c1F. The molecule has 4 rings (SSSR count). The van der Waals surface area contributed by atoms with Crippen LogP contribution in [-0.2, 0) is 21.3 Å². The molecular formula is C25H36F2O2. The molecule has 0 bridgehead atoms. The molecule has 0 amide bonds. The number of halogens is 2. The van der Waals surface area contributed by atoms with Gasteiger partial charge in [0.05, 0.1) is 13.2 Å². The Morgan fingerprint density at radius 2 is 1.59 bits per heavy atom. The van der Waals surface area contributed by atoms with Gasteiger partial charge in [-0.3, -0.25) is 0 Å². The third kappa shape index (κ3) is 4.12. The predicted molar refractivity (Wildman–Crippen MR) is 111 cm³/mol. The van der Waals surface area contributed by atoms with Crippen molar-refractivity contribution in [2.75, 3.05) is 13.2 Å². The Balaban J connectivity index is 1.59. The van der Waals surface area contributed by atoms with E-state index < -0.39 is 17.4 Å². The first kappa shape index (κ1) is 21.2. The van der Waals surface area contributed by atoms with Gasteiger partial charge in [-0.25, -0.2) is 8.78 Å². The van der Waals surface area contributed by atoms with E-state index >= 15 is 8.78 Å². The van der Waals surface area contributed by atoms with E-state index in [0.717, 1.165) is 70.6 Å². The molecule has 1 spiro atoms. The summed E-state index contributed by atoms with van der Waals surface area (Å²) in [6, 6.07) is 3.80. The summed E-state index contributed by atoms with van der Waals surface area (Å²) in [6.45, 7) is 3.48. The molecule has 0 N–H and O–H groups in total. The first-order valence-corrected chi connectivity index (χ1v) is 11.9. The summed E-state index contributed by atoms with van der Waals surface area (Å²) < 4.78 is 42.2. The smallest absolute Gasteiger partial charge is 0.168 e. The molecule has 1 aromatic carbocycles. The molecule has 1 aromatic rings. The molecule has 1 heterocycles. The molecule has 2 aliphatic carbocycles. The summed E-state index contributed by atoms with van der Waals surface area (Å²) in [6.07, 6.45) is 12.7. The van der Waals surface area contributed by atoms with E-state index in [1.807, 2.05) is 12.1 Å². The highest BCUT2D eigenvalue weighted by atomic mass is 19.2. The van der Waals surface area contributed by atoms with Crippen LogP contribution in [0.4, 0.5) is 8.78 Å². The van der Waals surface area contributed by atoms with Crippen molar-refractivity contribution in [2.24, 2.45) is 5.92 Å². The predicted octanol–water partition coefficient (Wildman–Crippen LogP) is 6.83. The Morgan fingerprint density at radius 1 is 0.897 bits per heavy atom. The molecule has 1 saturated heterocycles. The number of rotatable bonds is 6. The summed E-state index contributed by atoms with van der Waals surface area (Å²) in [5.74, 6) is -1.20. The van der Waals surface area contributed by atoms with Crippen molar-refractivity contribution in [3.8, 4) is 0 Å². The quantitative estimate of drug-likeness (QED) is 0.482. The van der Waals surface area contributed by atoms with Crippen LogP contribution >= 0.6 is 0 Å². The van der Waals surface area contributed by atoms with E-state index in [2.05, 4.69) is 6.92 Å². The number of hydrogen-bond donors (Lipinski definition) is 0. The van der Waals surface area contributed by atoms with Crippen molar-refractivity contribution in [1.82, 2.24) is 0 Å². The average molecular weight is 407 g/mol. The topological polar surface area (TPSA) is 18.5 Å². The van der Waals surface area contributed by atoms with Crippen molar-refractivity contribution in [1.29, 1.82) is 0 Å². The van der Waals surface area contributed by atoms with Crippen LogP contribution in [0.2, 0.25) is 0 Å². The summed E-state index contributed by atoms with van der Waals surface area (Å²) >= 11 is 0. The molecule has 0 unspecified atom stereocenters. The van der Waals surface area contributed by atoms with Crippen LogP contribution in [-0.4, -0.2) is 19.0 Å². The minimum atomic E-state index is -0.599. The zero-order valence-electron chi connectivity index (χ0n) is 17.9. The normalized spacial score (nSPS) is 24.2. The third-order valence-electron chi connectivity index (χ3n) is 7.84. The number of unbranched alkanes of at least 4 members (excludes halogenated alkanes) is 2. The lowest BCUT2D eigenvalue weighted by atomic mass is 9.58. The average Bonchev–Trinajstić information content (AvgIpc) is 3.20. The molecule has 2 nitrogen and oxygen atoms in total. The van der Waals surface area contributed by atoms with Crippen LogP contribution in [0.5, 0.6) is 0 Å². The standard InChI is InChI=1S/C25H36F2O2/c1-2-3-5-8-19-9-10-21(23(27)22(19)26)24(13-6-4-7-14-24)20-11-15-25(16-12-20)28-17-18-29-25/h9-10,20H,2-8,11-18H2,1H3. The maximum absolute atomic E-state index is 15.4. The van der Waals surface area contributed by atoms with Crippen LogP contribution in [0, 0.1) is 17.6 Å². The molecule has 3 aliphatic rings. The highest BCUT2D eigenvalue weighted by Crippen LogP contribution is 2.53. The molecule has 0 atom stereocenters. The lowest BCUT2D eigenvalue weighted by Crippen LogP contribution is -2.44. The van der Waals surface area contributed by atoms with Gasteiger partial charge < -0.3 is 9.47 Å². The van der Waals surface area contributed by atoms with Gasteiger partial charge in [0, 0.05) is 18.3 Å².